The molecule has 1 unspecified atom stereocenters. The number of likely N-dealkylation sites (tertiary alicyclic amines) is 1. The normalized spacial score (nSPS) is 19.9. The molecule has 180 valence electrons. The summed E-state index contributed by atoms with van der Waals surface area (Å²) in [7, 11) is 1.69. The van der Waals surface area contributed by atoms with Gasteiger partial charge in [-0.3, -0.25) is 14.5 Å². The second-order valence-electron chi connectivity index (χ2n) is 9.00. The second-order valence-corrected chi connectivity index (χ2v) is 9.00. The maximum atomic E-state index is 13.4. The van der Waals surface area contributed by atoms with E-state index in [1.165, 1.54) is 0 Å². The van der Waals surface area contributed by atoms with Gasteiger partial charge in [0.2, 0.25) is 5.91 Å². The number of morpholine rings is 1. The van der Waals surface area contributed by atoms with Gasteiger partial charge in [0.05, 0.1) is 25.4 Å². The molecule has 1 aromatic heterocycles. The fraction of sp³-hybridized carbons (Fsp3) is 0.750. The van der Waals surface area contributed by atoms with Gasteiger partial charge < -0.3 is 23.8 Å². The third-order valence-electron chi connectivity index (χ3n) is 6.83. The van der Waals surface area contributed by atoms with Crippen LogP contribution in [0.3, 0.4) is 0 Å². The number of hydrogen-bond donors (Lipinski definition) is 0. The molecule has 8 nitrogen and oxygen atoms in total. The molecule has 0 spiro atoms. The number of amides is 2. The van der Waals surface area contributed by atoms with E-state index in [1.54, 1.807) is 14.0 Å². The van der Waals surface area contributed by atoms with Crippen LogP contribution in [0.2, 0.25) is 0 Å². The third-order valence-corrected chi connectivity index (χ3v) is 6.83. The Balaban J connectivity index is 1.61. The Labute approximate surface area is 192 Å². The topological polar surface area (TPSA) is 67.2 Å². The second kappa shape index (κ2) is 11.8. The largest absolute Gasteiger partial charge is 0.383 e. The van der Waals surface area contributed by atoms with E-state index in [0.717, 1.165) is 88.7 Å². The van der Waals surface area contributed by atoms with E-state index in [9.17, 15) is 9.59 Å². The van der Waals surface area contributed by atoms with Crippen LogP contribution in [0.4, 0.5) is 0 Å². The summed E-state index contributed by atoms with van der Waals surface area (Å²) < 4.78 is 12.8. The maximum absolute atomic E-state index is 13.4. The van der Waals surface area contributed by atoms with Crippen molar-refractivity contribution in [2.24, 2.45) is 0 Å². The van der Waals surface area contributed by atoms with Crippen molar-refractivity contribution < 1.29 is 19.1 Å². The zero-order valence-electron chi connectivity index (χ0n) is 20.3. The summed E-state index contributed by atoms with van der Waals surface area (Å²) in [4.78, 5) is 32.2. The monoisotopic (exact) mass is 448 g/mol. The van der Waals surface area contributed by atoms with Crippen molar-refractivity contribution >= 4 is 11.8 Å². The highest BCUT2D eigenvalue weighted by molar-refractivity contribution is 5.95. The van der Waals surface area contributed by atoms with E-state index in [-0.39, 0.29) is 17.9 Å². The van der Waals surface area contributed by atoms with Gasteiger partial charge in [0.15, 0.2) is 0 Å². The zero-order valence-corrected chi connectivity index (χ0v) is 20.3. The Morgan fingerprint density at radius 3 is 2.62 bits per heavy atom. The van der Waals surface area contributed by atoms with Gasteiger partial charge in [-0.15, -0.1) is 0 Å². The summed E-state index contributed by atoms with van der Waals surface area (Å²) >= 11 is 0. The molecule has 2 amide bonds. The molecular formula is C24H40N4O4. The molecule has 32 heavy (non-hydrogen) atoms. The van der Waals surface area contributed by atoms with Crippen LogP contribution in [0, 0.1) is 13.8 Å². The highest BCUT2D eigenvalue weighted by atomic mass is 16.5. The lowest BCUT2D eigenvalue weighted by Crippen LogP contribution is -2.52. The van der Waals surface area contributed by atoms with E-state index in [4.69, 9.17) is 9.47 Å². The first-order chi connectivity index (χ1) is 15.4. The van der Waals surface area contributed by atoms with Crippen LogP contribution in [-0.2, 0) is 20.8 Å². The molecule has 0 aromatic carbocycles. The summed E-state index contributed by atoms with van der Waals surface area (Å²) in [6.07, 6.45) is 2.82. The lowest BCUT2D eigenvalue weighted by atomic mass is 10.0. The number of aromatic nitrogens is 1. The number of hydrogen-bond acceptors (Lipinski definition) is 5. The van der Waals surface area contributed by atoms with Crippen molar-refractivity contribution in [1.29, 1.82) is 0 Å². The molecule has 3 rings (SSSR count). The van der Waals surface area contributed by atoms with Crippen LogP contribution in [-0.4, -0.2) is 103 Å². The Hall–Kier alpha value is -1.90. The van der Waals surface area contributed by atoms with Crippen molar-refractivity contribution in [3.63, 3.8) is 0 Å². The van der Waals surface area contributed by atoms with Crippen LogP contribution < -0.4 is 0 Å². The number of methoxy groups -OCH3 is 1. The van der Waals surface area contributed by atoms with Crippen LogP contribution in [0.5, 0.6) is 0 Å². The van der Waals surface area contributed by atoms with Crippen molar-refractivity contribution in [2.75, 3.05) is 66.2 Å². The third kappa shape index (κ3) is 6.11. The number of ether oxygens (including phenoxy) is 2. The highest BCUT2D eigenvalue weighted by Crippen LogP contribution is 2.22. The lowest BCUT2D eigenvalue weighted by Gasteiger charge is -2.39. The van der Waals surface area contributed by atoms with Crippen LogP contribution in [0.15, 0.2) is 6.07 Å². The first kappa shape index (κ1) is 24.7. The molecule has 0 aliphatic carbocycles. The van der Waals surface area contributed by atoms with E-state index < -0.39 is 0 Å². The molecule has 8 heteroatoms. The molecule has 0 radical (unpaired) electrons. The van der Waals surface area contributed by atoms with Crippen molar-refractivity contribution in [1.82, 2.24) is 19.3 Å². The molecular weight excluding hydrogens is 408 g/mol. The van der Waals surface area contributed by atoms with Crippen LogP contribution >= 0.6 is 0 Å². The molecule has 0 bridgehead atoms. The molecule has 1 aromatic rings. The molecule has 1 atom stereocenters. The highest BCUT2D eigenvalue weighted by Gasteiger charge is 2.31. The molecule has 0 saturated carbocycles. The van der Waals surface area contributed by atoms with Crippen molar-refractivity contribution in [2.45, 2.75) is 52.6 Å². The minimum absolute atomic E-state index is 0.0725. The number of nitrogens with zero attached hydrogens (tertiary/aromatic N) is 4. The van der Waals surface area contributed by atoms with E-state index in [2.05, 4.69) is 9.47 Å². The van der Waals surface area contributed by atoms with Gasteiger partial charge in [-0.05, 0) is 39.2 Å². The van der Waals surface area contributed by atoms with Gasteiger partial charge in [-0.1, -0.05) is 0 Å². The number of carbonyl (C=O) groups is 2. The van der Waals surface area contributed by atoms with Gasteiger partial charge in [0, 0.05) is 77.3 Å². The first-order valence-corrected chi connectivity index (χ1v) is 11.9. The standard InChI is InChI=1S/C24H40N4O4/c1-19-17-23(20(2)27(19)13-14-31-4)24(30)26-9-5-7-22(18-26)28(21(3)29)10-6-8-25-11-15-32-16-12-25/h17,22H,5-16,18H2,1-4H3. The molecule has 2 fully saturated rings. The SMILES string of the molecule is COCCn1c(C)cc(C(=O)N2CCCC(N(CCCN3CCOCC3)C(C)=O)C2)c1C. The molecule has 2 aliphatic rings. The van der Waals surface area contributed by atoms with E-state index in [0.29, 0.717) is 13.2 Å². The predicted octanol–water partition coefficient (Wildman–Crippen LogP) is 1.93. The average Bonchev–Trinajstić information content (AvgIpc) is 3.08. The summed E-state index contributed by atoms with van der Waals surface area (Å²) in [5.41, 5.74) is 2.83. The van der Waals surface area contributed by atoms with Crippen molar-refractivity contribution in [3.8, 4) is 0 Å². The molecule has 3 heterocycles. The van der Waals surface area contributed by atoms with Gasteiger partial charge in [0.25, 0.3) is 5.91 Å². The van der Waals surface area contributed by atoms with Gasteiger partial charge >= 0.3 is 0 Å². The summed E-state index contributed by atoms with van der Waals surface area (Å²) in [5.74, 6) is 0.173. The number of rotatable bonds is 9. The van der Waals surface area contributed by atoms with Gasteiger partial charge in [-0.25, -0.2) is 0 Å². The van der Waals surface area contributed by atoms with Crippen LogP contribution in [0.1, 0.15) is 47.9 Å². The molecule has 2 saturated heterocycles. The predicted molar refractivity (Wildman–Crippen MR) is 124 cm³/mol. The van der Waals surface area contributed by atoms with Gasteiger partial charge in [0.1, 0.15) is 0 Å². The Bertz CT molecular complexity index is 772. The average molecular weight is 449 g/mol. The van der Waals surface area contributed by atoms with E-state index >= 15 is 0 Å². The molecule has 0 N–H and O–H groups in total. The van der Waals surface area contributed by atoms with Crippen molar-refractivity contribution in [3.05, 3.63) is 23.0 Å². The fourth-order valence-electron chi connectivity index (χ4n) is 4.99. The summed E-state index contributed by atoms with van der Waals surface area (Å²) in [6.45, 7) is 13.6. The Kier molecular flexibility index (Phi) is 9.13. The summed E-state index contributed by atoms with van der Waals surface area (Å²) in [6, 6.07) is 2.08. The first-order valence-electron chi connectivity index (χ1n) is 11.9. The maximum Gasteiger partial charge on any atom is 0.255 e. The number of piperidine rings is 1. The minimum atomic E-state index is 0.0725. The number of carbonyl (C=O) groups excluding carboxylic acids is 2. The summed E-state index contributed by atoms with van der Waals surface area (Å²) in [5, 5.41) is 0. The lowest BCUT2D eigenvalue weighted by molar-refractivity contribution is -0.132. The van der Waals surface area contributed by atoms with Crippen LogP contribution in [0.25, 0.3) is 0 Å². The van der Waals surface area contributed by atoms with E-state index in [1.807, 2.05) is 29.7 Å². The Morgan fingerprint density at radius 1 is 1.19 bits per heavy atom. The van der Waals surface area contributed by atoms with Gasteiger partial charge in [-0.2, -0.15) is 0 Å². The molecule has 2 aliphatic heterocycles. The fourth-order valence-corrected chi connectivity index (χ4v) is 4.99. The zero-order chi connectivity index (χ0) is 23.1. The number of aryl methyl sites for hydroxylation is 1. The Morgan fingerprint density at radius 2 is 1.94 bits per heavy atom. The quantitative estimate of drug-likeness (QED) is 0.578. The minimum Gasteiger partial charge on any atom is -0.383 e. The smallest absolute Gasteiger partial charge is 0.255 e.